The highest BCUT2D eigenvalue weighted by molar-refractivity contribution is 5.91. The highest BCUT2D eigenvalue weighted by Crippen LogP contribution is 2.16. The molecule has 1 amide bonds. The van der Waals surface area contributed by atoms with Gasteiger partial charge in [-0.3, -0.25) is 9.69 Å². The fourth-order valence-corrected chi connectivity index (χ4v) is 3.01. The monoisotopic (exact) mass is 390 g/mol. The highest BCUT2D eigenvalue weighted by Gasteiger charge is 2.19. The standard InChI is InChI=1S/C21H21F3N2O2/c22-18-6-1-17(2-7-18)15-25-11-13-26(14-12-25)20(27)10-5-16-3-8-19(9-4-16)28-21(23)24/h1-10,21H,11-15H2/b10-5-. The molecule has 3 rings (SSSR count). The summed E-state index contributed by atoms with van der Waals surface area (Å²) in [4.78, 5) is 16.3. The fourth-order valence-electron chi connectivity index (χ4n) is 3.01. The zero-order chi connectivity index (χ0) is 19.9. The molecule has 2 aromatic carbocycles. The first-order valence-corrected chi connectivity index (χ1v) is 8.98. The van der Waals surface area contributed by atoms with Crippen LogP contribution in [0.15, 0.2) is 54.6 Å². The predicted octanol–water partition coefficient (Wildman–Crippen LogP) is 3.78. The van der Waals surface area contributed by atoms with Crippen LogP contribution in [0.2, 0.25) is 0 Å². The van der Waals surface area contributed by atoms with Crippen LogP contribution in [-0.4, -0.2) is 48.5 Å². The van der Waals surface area contributed by atoms with E-state index in [1.165, 1.54) is 30.3 Å². The Labute approximate surface area is 161 Å². The van der Waals surface area contributed by atoms with Crippen molar-refractivity contribution in [3.05, 3.63) is 71.6 Å². The first-order chi connectivity index (χ1) is 13.5. The number of amides is 1. The normalized spacial score (nSPS) is 15.4. The van der Waals surface area contributed by atoms with Crippen LogP contribution in [0.25, 0.3) is 6.08 Å². The molecule has 148 valence electrons. The van der Waals surface area contributed by atoms with Crippen LogP contribution < -0.4 is 4.74 Å². The van der Waals surface area contributed by atoms with Gasteiger partial charge in [0.1, 0.15) is 11.6 Å². The zero-order valence-corrected chi connectivity index (χ0v) is 15.2. The number of ether oxygens (including phenoxy) is 1. The summed E-state index contributed by atoms with van der Waals surface area (Å²) < 4.78 is 41.5. The van der Waals surface area contributed by atoms with Gasteiger partial charge in [-0.25, -0.2) is 4.39 Å². The van der Waals surface area contributed by atoms with Crippen LogP contribution in [0.3, 0.4) is 0 Å². The molecule has 28 heavy (non-hydrogen) atoms. The van der Waals surface area contributed by atoms with E-state index in [4.69, 9.17) is 0 Å². The molecule has 7 heteroatoms. The van der Waals surface area contributed by atoms with Gasteiger partial charge in [-0.15, -0.1) is 0 Å². The van der Waals surface area contributed by atoms with Crippen LogP contribution in [0.1, 0.15) is 11.1 Å². The average Bonchev–Trinajstić information content (AvgIpc) is 2.69. The lowest BCUT2D eigenvalue weighted by Gasteiger charge is -2.34. The quantitative estimate of drug-likeness (QED) is 0.704. The first-order valence-electron chi connectivity index (χ1n) is 8.98. The second kappa shape index (κ2) is 9.41. The smallest absolute Gasteiger partial charge is 0.387 e. The molecule has 4 nitrogen and oxygen atoms in total. The number of carbonyl (C=O) groups is 1. The minimum atomic E-state index is -2.86. The maximum Gasteiger partial charge on any atom is 0.387 e. The summed E-state index contributed by atoms with van der Waals surface area (Å²) in [6.07, 6.45) is 3.14. The average molecular weight is 390 g/mol. The van der Waals surface area contributed by atoms with Crippen molar-refractivity contribution in [1.82, 2.24) is 9.80 Å². The summed E-state index contributed by atoms with van der Waals surface area (Å²) in [5, 5.41) is 0. The third kappa shape index (κ3) is 5.85. The van der Waals surface area contributed by atoms with E-state index in [1.807, 2.05) is 0 Å². The van der Waals surface area contributed by atoms with Gasteiger partial charge in [0.2, 0.25) is 5.91 Å². The first kappa shape index (κ1) is 19.9. The number of nitrogens with zero attached hydrogens (tertiary/aromatic N) is 2. The molecular formula is C21H21F3N2O2. The Kier molecular flexibility index (Phi) is 6.71. The molecule has 1 saturated heterocycles. The molecule has 0 bridgehead atoms. The van der Waals surface area contributed by atoms with Gasteiger partial charge in [-0.2, -0.15) is 8.78 Å². The van der Waals surface area contributed by atoms with Gasteiger partial charge < -0.3 is 9.64 Å². The van der Waals surface area contributed by atoms with Gasteiger partial charge in [-0.05, 0) is 41.5 Å². The van der Waals surface area contributed by atoms with Crippen LogP contribution in [0.5, 0.6) is 5.75 Å². The molecule has 0 unspecified atom stereocenters. The summed E-state index contributed by atoms with van der Waals surface area (Å²) in [7, 11) is 0. The van der Waals surface area contributed by atoms with E-state index in [9.17, 15) is 18.0 Å². The molecule has 0 spiro atoms. The lowest BCUT2D eigenvalue weighted by atomic mass is 10.2. The molecular weight excluding hydrogens is 369 g/mol. The number of hydrogen-bond acceptors (Lipinski definition) is 3. The van der Waals surface area contributed by atoms with E-state index in [2.05, 4.69) is 9.64 Å². The Morgan fingerprint density at radius 3 is 2.25 bits per heavy atom. The molecule has 0 N–H and O–H groups in total. The van der Waals surface area contributed by atoms with Gasteiger partial charge in [0.05, 0.1) is 0 Å². The summed E-state index contributed by atoms with van der Waals surface area (Å²) >= 11 is 0. The molecule has 0 saturated carbocycles. The second-order valence-electron chi connectivity index (χ2n) is 6.51. The third-order valence-corrected chi connectivity index (χ3v) is 4.53. The number of carbonyl (C=O) groups excluding carboxylic acids is 1. The molecule has 0 atom stereocenters. The van der Waals surface area contributed by atoms with Gasteiger partial charge >= 0.3 is 6.61 Å². The maximum atomic E-state index is 13.0. The Bertz CT molecular complexity index is 799. The number of halogens is 3. The van der Waals surface area contributed by atoms with Crippen molar-refractivity contribution in [3.63, 3.8) is 0 Å². The molecule has 1 heterocycles. The van der Waals surface area contributed by atoms with E-state index >= 15 is 0 Å². The molecule has 1 fully saturated rings. The summed E-state index contributed by atoms with van der Waals surface area (Å²) in [5.74, 6) is -0.257. The Morgan fingerprint density at radius 1 is 1.00 bits per heavy atom. The predicted molar refractivity (Wildman–Crippen MR) is 100 cm³/mol. The lowest BCUT2D eigenvalue weighted by molar-refractivity contribution is -0.127. The topological polar surface area (TPSA) is 32.8 Å². The molecule has 0 aliphatic carbocycles. The molecule has 0 aromatic heterocycles. The fraction of sp³-hybridized carbons (Fsp3) is 0.286. The van der Waals surface area contributed by atoms with Gasteiger partial charge in [0, 0.05) is 38.8 Å². The SMILES string of the molecule is O=C(/C=C\c1ccc(OC(F)F)cc1)N1CCN(Cc2ccc(F)cc2)CC1. The van der Waals surface area contributed by atoms with Crippen LogP contribution >= 0.6 is 0 Å². The van der Waals surface area contributed by atoms with Gasteiger partial charge in [0.25, 0.3) is 0 Å². The summed E-state index contributed by atoms with van der Waals surface area (Å²) in [5.41, 5.74) is 1.77. The minimum absolute atomic E-state index is 0.0794. The highest BCUT2D eigenvalue weighted by atomic mass is 19.3. The van der Waals surface area contributed by atoms with Crippen molar-refractivity contribution in [2.75, 3.05) is 26.2 Å². The van der Waals surface area contributed by atoms with E-state index in [-0.39, 0.29) is 17.5 Å². The van der Waals surface area contributed by atoms with Crippen molar-refractivity contribution in [3.8, 4) is 5.75 Å². The van der Waals surface area contributed by atoms with Crippen molar-refractivity contribution in [2.45, 2.75) is 13.2 Å². The van der Waals surface area contributed by atoms with Crippen LogP contribution in [-0.2, 0) is 11.3 Å². The van der Waals surface area contributed by atoms with Gasteiger partial charge in [0.15, 0.2) is 0 Å². The largest absolute Gasteiger partial charge is 0.435 e. The zero-order valence-electron chi connectivity index (χ0n) is 15.2. The van der Waals surface area contributed by atoms with E-state index < -0.39 is 6.61 Å². The maximum absolute atomic E-state index is 13.0. The van der Waals surface area contributed by atoms with E-state index in [1.54, 1.807) is 35.2 Å². The van der Waals surface area contributed by atoms with Gasteiger partial charge in [-0.1, -0.05) is 24.3 Å². The molecule has 1 aliphatic rings. The van der Waals surface area contributed by atoms with E-state index in [0.29, 0.717) is 13.1 Å². The Morgan fingerprint density at radius 2 is 1.64 bits per heavy atom. The molecule has 2 aromatic rings. The molecule has 1 aliphatic heterocycles. The van der Waals surface area contributed by atoms with Crippen molar-refractivity contribution in [1.29, 1.82) is 0 Å². The van der Waals surface area contributed by atoms with Crippen LogP contribution in [0, 0.1) is 5.82 Å². The number of piperazine rings is 1. The van der Waals surface area contributed by atoms with Crippen molar-refractivity contribution >= 4 is 12.0 Å². The number of alkyl halides is 2. The van der Waals surface area contributed by atoms with Crippen molar-refractivity contribution < 1.29 is 22.7 Å². The Hall–Kier alpha value is -2.80. The Balaban J connectivity index is 1.46. The minimum Gasteiger partial charge on any atom is -0.435 e. The number of benzene rings is 2. The third-order valence-electron chi connectivity index (χ3n) is 4.53. The summed E-state index contributed by atoms with van der Waals surface area (Å²) in [6, 6.07) is 12.5. The lowest BCUT2D eigenvalue weighted by Crippen LogP contribution is -2.47. The number of hydrogen-bond donors (Lipinski definition) is 0. The van der Waals surface area contributed by atoms with Crippen LogP contribution in [0.4, 0.5) is 13.2 Å². The second-order valence-corrected chi connectivity index (χ2v) is 6.51. The molecule has 0 radical (unpaired) electrons. The van der Waals surface area contributed by atoms with Crippen molar-refractivity contribution in [2.24, 2.45) is 0 Å². The van der Waals surface area contributed by atoms with E-state index in [0.717, 1.165) is 30.8 Å². The number of rotatable bonds is 6. The summed E-state index contributed by atoms with van der Waals surface area (Å²) in [6.45, 7) is 0.597.